The van der Waals surface area contributed by atoms with Crippen molar-refractivity contribution in [3.8, 4) is 28.2 Å². The van der Waals surface area contributed by atoms with Crippen LogP contribution in [0.3, 0.4) is 0 Å². The number of rotatable bonds is 24. The lowest BCUT2D eigenvalue weighted by molar-refractivity contribution is -0.255. The number of carboxylic acids is 1. The van der Waals surface area contributed by atoms with E-state index in [4.69, 9.17) is 28.6 Å². The molecule has 87 heavy (non-hydrogen) atoms. The minimum absolute atomic E-state index is 0.0181. The predicted octanol–water partition coefficient (Wildman–Crippen LogP) is 10.4. The Hall–Kier alpha value is -8.20. The van der Waals surface area contributed by atoms with Crippen LogP contribution in [0.15, 0.2) is 118 Å². The van der Waals surface area contributed by atoms with Crippen LogP contribution >= 0.6 is 0 Å². The molecule has 20 heteroatoms. The van der Waals surface area contributed by atoms with Crippen LogP contribution in [0.5, 0.6) is 5.75 Å². The number of Topliss-reactive ketones (excluding diaryl/α,β-unsaturated/α-hetero) is 2. The first-order chi connectivity index (χ1) is 41.9. The Kier molecular flexibility index (Phi) is 16.9. The maximum atomic E-state index is 15.8. The minimum atomic E-state index is -3.05. The molecule has 0 spiro atoms. The quantitative estimate of drug-likeness (QED) is 0.0187. The Morgan fingerprint density at radius 3 is 2.01 bits per heavy atom. The van der Waals surface area contributed by atoms with Crippen molar-refractivity contribution in [3.05, 3.63) is 154 Å². The molecule has 6 heterocycles. The molecule has 5 aromatic carbocycles. The van der Waals surface area contributed by atoms with Crippen molar-refractivity contribution < 1.29 is 64.5 Å². The summed E-state index contributed by atoms with van der Waals surface area (Å²) in [7, 11) is 2.17. The van der Waals surface area contributed by atoms with E-state index in [0.29, 0.717) is 38.9 Å². The fourth-order valence-electron chi connectivity index (χ4n) is 12.0. The van der Waals surface area contributed by atoms with E-state index in [1.165, 1.54) is 41.1 Å². The minimum Gasteiger partial charge on any atom is -0.545 e. The van der Waals surface area contributed by atoms with E-state index in [0.717, 1.165) is 113 Å². The number of unbranched alkanes of at least 4 members (excludes halogenated alkanes) is 1. The number of benzene rings is 6. The molecule has 0 radical (unpaired) electrons. The first-order valence-electron chi connectivity index (χ1n) is 29.5. The number of carbonyl (C=O) groups excluding carboxylic acids is 3. The van der Waals surface area contributed by atoms with Crippen molar-refractivity contribution in [3.63, 3.8) is 0 Å². The summed E-state index contributed by atoms with van der Waals surface area (Å²) in [6.07, 6.45) is 4.66. The van der Waals surface area contributed by atoms with Crippen molar-refractivity contribution in [1.29, 1.82) is 0 Å². The van der Waals surface area contributed by atoms with Gasteiger partial charge in [0.05, 0.1) is 73.4 Å². The van der Waals surface area contributed by atoms with Gasteiger partial charge in [0.2, 0.25) is 18.4 Å². The highest BCUT2D eigenvalue weighted by atomic mass is 19.3. The molecule has 0 unspecified atom stereocenters. The summed E-state index contributed by atoms with van der Waals surface area (Å²) >= 11 is 0. The largest absolute Gasteiger partial charge is 0.545 e. The molecular weight excluding hydrogens is 1130 g/mol. The molecular formula is C67H64F6N6O8. The van der Waals surface area contributed by atoms with Crippen molar-refractivity contribution in [1.82, 2.24) is 9.48 Å². The summed E-state index contributed by atoms with van der Waals surface area (Å²) in [6.45, 7) is 2.70. The summed E-state index contributed by atoms with van der Waals surface area (Å²) < 4.78 is 112. The Morgan fingerprint density at radius 2 is 1.31 bits per heavy atom. The number of piperazine rings is 1. The topological polar surface area (TPSA) is 153 Å². The van der Waals surface area contributed by atoms with Gasteiger partial charge in [0.1, 0.15) is 28.7 Å². The maximum absolute atomic E-state index is 15.8. The van der Waals surface area contributed by atoms with Crippen molar-refractivity contribution in [2.24, 2.45) is 9.98 Å². The lowest BCUT2D eigenvalue weighted by atomic mass is 9.88. The summed E-state index contributed by atoms with van der Waals surface area (Å²) in [5.41, 5.74) is 9.10. The average Bonchev–Trinajstić information content (AvgIpc) is 1.45. The highest BCUT2D eigenvalue weighted by molar-refractivity contribution is 6.11. The van der Waals surface area contributed by atoms with Gasteiger partial charge in [0, 0.05) is 111 Å². The van der Waals surface area contributed by atoms with Gasteiger partial charge in [-0.3, -0.25) is 19.6 Å². The number of anilines is 2. The lowest BCUT2D eigenvalue weighted by Gasteiger charge is -2.40. The second-order valence-corrected chi connectivity index (χ2v) is 23.2. The van der Waals surface area contributed by atoms with Crippen LogP contribution < -0.4 is 29.6 Å². The maximum Gasteiger partial charge on any atom is 0.361 e. The summed E-state index contributed by atoms with van der Waals surface area (Å²) in [5, 5.41) is 12.3. The number of hydrogen-bond donors (Lipinski definition) is 0. The highest BCUT2D eigenvalue weighted by Gasteiger charge is 2.50. The van der Waals surface area contributed by atoms with Gasteiger partial charge in [-0.1, -0.05) is 18.2 Å². The lowest BCUT2D eigenvalue weighted by Crippen LogP contribution is -2.58. The van der Waals surface area contributed by atoms with Crippen LogP contribution in [0.25, 0.3) is 33.4 Å². The molecule has 6 aliphatic heterocycles. The van der Waals surface area contributed by atoms with Crippen molar-refractivity contribution in [2.45, 2.75) is 69.6 Å². The molecule has 1 aliphatic carbocycles. The predicted molar refractivity (Wildman–Crippen MR) is 317 cm³/mol. The number of carboxylic acid groups (broad SMARTS) is 1. The number of halogens is 6. The second kappa shape index (κ2) is 24.9. The molecule has 7 aliphatic rings. The van der Waals surface area contributed by atoms with E-state index in [1.54, 1.807) is 0 Å². The second-order valence-electron chi connectivity index (χ2n) is 23.2. The third-order valence-corrected chi connectivity index (χ3v) is 16.7. The number of ether oxygens (including phenoxy) is 3. The van der Waals surface area contributed by atoms with Gasteiger partial charge in [0.15, 0.2) is 11.6 Å². The van der Waals surface area contributed by atoms with E-state index in [-0.39, 0.29) is 88.5 Å². The molecule has 0 atom stereocenters. The van der Waals surface area contributed by atoms with Gasteiger partial charge in [0.25, 0.3) is 5.92 Å². The summed E-state index contributed by atoms with van der Waals surface area (Å²) in [6, 6.07) is 29.1. The van der Waals surface area contributed by atoms with Crippen LogP contribution in [0.2, 0.25) is 0 Å². The Labute approximate surface area is 498 Å². The van der Waals surface area contributed by atoms with Gasteiger partial charge in [-0.05, 0) is 133 Å². The third kappa shape index (κ3) is 13.2. The zero-order valence-corrected chi connectivity index (χ0v) is 48.1. The molecule has 0 amide bonds. The highest BCUT2D eigenvalue weighted by Crippen LogP contribution is 2.45. The molecule has 5 aromatic rings. The van der Waals surface area contributed by atoms with Crippen LogP contribution in [-0.4, -0.2) is 138 Å². The SMILES string of the molecule is CN1CCN(c2ccc3c(c2)CC(c2ccc4c(c2)CC(c2ccc(OCCCCC(=O)CCCOCCOCCCC(=O)c5ccc(C(=O)[O-])c(-c6c7cc(F)c(=[N+]8CC(F)(F)C8)cc-7oc7cc(N8CC(F)(F)C8)c(F)cc67)c5)cc2)=N4)=N3)CC1. The van der Waals surface area contributed by atoms with Crippen LogP contribution in [0.1, 0.15) is 87.9 Å². The zero-order valence-electron chi connectivity index (χ0n) is 48.1. The number of aliphatic imine (C=N–C) groups is 2. The van der Waals surface area contributed by atoms with E-state index >= 15 is 8.78 Å². The van der Waals surface area contributed by atoms with E-state index < -0.39 is 67.0 Å². The first kappa shape index (κ1) is 59.1. The smallest absolute Gasteiger partial charge is 0.361 e. The summed E-state index contributed by atoms with van der Waals surface area (Å²) in [4.78, 5) is 54.7. The number of aromatic carboxylic acids is 1. The zero-order chi connectivity index (χ0) is 60.6. The van der Waals surface area contributed by atoms with Crippen LogP contribution in [-0.2, 0) is 27.1 Å². The molecule has 12 rings (SSSR count). The van der Waals surface area contributed by atoms with Gasteiger partial charge in [-0.15, -0.1) is 0 Å². The van der Waals surface area contributed by atoms with E-state index in [2.05, 4.69) is 53.2 Å². The number of hydrogen-bond acceptors (Lipinski definition) is 13. The fraction of sp³-hybridized carbons (Fsp3) is 0.373. The molecule has 0 bridgehead atoms. The monoisotopic (exact) mass is 1190 g/mol. The first-order valence-corrected chi connectivity index (χ1v) is 29.5. The average molecular weight is 1200 g/mol. The molecule has 452 valence electrons. The Morgan fingerprint density at radius 1 is 0.644 bits per heavy atom. The Bertz CT molecular complexity index is 3910. The van der Waals surface area contributed by atoms with Crippen molar-refractivity contribution >= 4 is 62.7 Å². The van der Waals surface area contributed by atoms with E-state index in [1.807, 2.05) is 24.3 Å². The van der Waals surface area contributed by atoms with Crippen LogP contribution in [0.4, 0.5) is 49.1 Å². The number of ketones is 2. The molecule has 0 saturated carbocycles. The molecule has 0 aromatic heterocycles. The van der Waals surface area contributed by atoms with Crippen molar-refractivity contribution in [2.75, 3.05) is 102 Å². The normalized spacial score (nSPS) is 16.8. The van der Waals surface area contributed by atoms with Crippen LogP contribution in [0, 0.1) is 11.6 Å². The van der Waals surface area contributed by atoms with Gasteiger partial charge in [-0.25, -0.2) is 17.7 Å². The standard InChI is InChI=1S/C67H64F6N6O8/c1-76-19-21-77(22-20-76)46-13-18-56-45(29-46)32-58(75-56)42-12-17-55-44(28-42)31-57(74-55)41-9-14-48(15-10-41)86-25-3-2-6-47(80)7-4-23-84-26-27-85-24-5-8-61(81)43-11-16-49(65(82)83)50(30-43)64-51-33-53(68)59(78-37-66(70,71)38-78)35-62(51)87-63-36-60(54(69)34-52(63)64)79-39-67(72,73)40-79/h9-18,28-30,33-36H,2-8,19-27,31-32,37-40H2,1H3. The number of alkyl halides is 4. The van der Waals surface area contributed by atoms with E-state index in [9.17, 15) is 37.1 Å². The number of nitrogens with zero attached hydrogens (tertiary/aromatic N) is 6. The van der Waals surface area contributed by atoms with Gasteiger partial charge in [-0.2, -0.15) is 13.2 Å². The molecule has 3 fully saturated rings. The summed E-state index contributed by atoms with van der Waals surface area (Å²) in [5.74, 6) is -9.26. The molecule has 14 nitrogen and oxygen atoms in total. The molecule has 3 saturated heterocycles. The third-order valence-electron chi connectivity index (χ3n) is 16.7. The fourth-order valence-corrected chi connectivity index (χ4v) is 12.0. The number of likely N-dealkylation sites (N-methyl/N-ethyl adjacent to an activating group) is 1. The molecule has 0 N–H and O–H groups in total. The Balaban J connectivity index is 0.551. The van der Waals surface area contributed by atoms with Gasteiger partial charge >= 0.3 is 5.92 Å². The number of fused-ring (bicyclic) bond motifs is 4. The van der Waals surface area contributed by atoms with Gasteiger partial charge < -0.3 is 43.2 Å². The number of carbonyl (C=O) groups is 3.